The standard InChI is InChI=1S/C14H22BrNO5/c1-10-2-3-13(12(15)4-10)21-6-11(20)5-16-14(7-17,8-18)9-19/h2-4,11,16-20H,5-9H2,1H3. The molecule has 0 spiro atoms. The van der Waals surface area contributed by atoms with E-state index in [0.29, 0.717) is 5.75 Å². The highest BCUT2D eigenvalue weighted by Gasteiger charge is 2.28. The highest BCUT2D eigenvalue weighted by Crippen LogP contribution is 2.25. The van der Waals surface area contributed by atoms with Crippen molar-refractivity contribution in [1.82, 2.24) is 5.32 Å². The quantitative estimate of drug-likeness (QED) is 0.416. The SMILES string of the molecule is Cc1ccc(OCC(O)CNC(CO)(CO)CO)c(Br)c1. The number of halogens is 1. The minimum atomic E-state index is -1.20. The molecular formula is C14H22BrNO5. The molecule has 21 heavy (non-hydrogen) atoms. The summed E-state index contributed by atoms with van der Waals surface area (Å²) in [6.07, 6.45) is -0.845. The fraction of sp³-hybridized carbons (Fsp3) is 0.571. The van der Waals surface area contributed by atoms with Gasteiger partial charge in [-0.25, -0.2) is 0 Å². The zero-order valence-electron chi connectivity index (χ0n) is 11.9. The van der Waals surface area contributed by atoms with Crippen LogP contribution in [0, 0.1) is 6.92 Å². The second kappa shape index (κ2) is 8.67. The number of benzene rings is 1. The van der Waals surface area contributed by atoms with Crippen LogP contribution < -0.4 is 10.1 Å². The minimum absolute atomic E-state index is 0.0486. The van der Waals surface area contributed by atoms with Crippen molar-refractivity contribution in [1.29, 1.82) is 0 Å². The molecule has 0 heterocycles. The van der Waals surface area contributed by atoms with Gasteiger partial charge in [-0.2, -0.15) is 0 Å². The zero-order chi connectivity index (χ0) is 15.9. The van der Waals surface area contributed by atoms with Crippen molar-refractivity contribution < 1.29 is 25.2 Å². The van der Waals surface area contributed by atoms with E-state index in [1.165, 1.54) is 0 Å². The maximum absolute atomic E-state index is 9.86. The van der Waals surface area contributed by atoms with Gasteiger partial charge >= 0.3 is 0 Å². The van der Waals surface area contributed by atoms with E-state index in [4.69, 9.17) is 20.1 Å². The Morgan fingerprint density at radius 1 is 1.24 bits per heavy atom. The second-order valence-electron chi connectivity index (χ2n) is 5.03. The van der Waals surface area contributed by atoms with Crippen molar-refractivity contribution >= 4 is 15.9 Å². The maximum atomic E-state index is 9.86. The van der Waals surface area contributed by atoms with Crippen molar-refractivity contribution in [2.75, 3.05) is 33.0 Å². The Morgan fingerprint density at radius 3 is 2.38 bits per heavy atom. The third-order valence-electron chi connectivity index (χ3n) is 3.14. The molecule has 7 heteroatoms. The molecule has 0 fully saturated rings. The molecule has 0 radical (unpaired) electrons. The fourth-order valence-corrected chi connectivity index (χ4v) is 2.23. The van der Waals surface area contributed by atoms with Crippen LogP contribution in [0.4, 0.5) is 0 Å². The van der Waals surface area contributed by atoms with E-state index in [2.05, 4.69) is 21.2 Å². The Balaban J connectivity index is 2.45. The van der Waals surface area contributed by atoms with Crippen molar-refractivity contribution in [3.05, 3.63) is 28.2 Å². The third kappa shape index (κ3) is 5.54. The molecule has 0 saturated heterocycles. The average Bonchev–Trinajstić information content (AvgIpc) is 2.48. The van der Waals surface area contributed by atoms with E-state index in [-0.39, 0.29) is 13.2 Å². The molecule has 1 aromatic rings. The van der Waals surface area contributed by atoms with Crippen LogP contribution in [-0.4, -0.2) is 65.0 Å². The van der Waals surface area contributed by atoms with Crippen LogP contribution in [0.15, 0.2) is 22.7 Å². The van der Waals surface area contributed by atoms with E-state index in [1.807, 2.05) is 19.1 Å². The lowest BCUT2D eigenvalue weighted by atomic mass is 10.0. The number of ether oxygens (including phenoxy) is 1. The van der Waals surface area contributed by atoms with E-state index in [0.717, 1.165) is 10.0 Å². The molecule has 0 aliphatic rings. The molecule has 1 aromatic carbocycles. The molecule has 0 aromatic heterocycles. The molecule has 6 nitrogen and oxygen atoms in total. The number of aliphatic hydroxyl groups excluding tert-OH is 4. The number of aryl methyl sites for hydroxylation is 1. The van der Waals surface area contributed by atoms with Crippen molar-refractivity contribution in [3.63, 3.8) is 0 Å². The first-order valence-corrected chi connectivity index (χ1v) is 7.40. The Hall–Kier alpha value is -0.700. The number of β-amino-alcohol motifs (C(OH)–C–C–N with tert-alkyl or cyclic N) is 1. The van der Waals surface area contributed by atoms with E-state index < -0.39 is 31.5 Å². The number of rotatable bonds is 9. The molecule has 0 aliphatic heterocycles. The van der Waals surface area contributed by atoms with Crippen LogP contribution in [0.1, 0.15) is 5.56 Å². The smallest absolute Gasteiger partial charge is 0.133 e. The van der Waals surface area contributed by atoms with E-state index in [1.54, 1.807) is 6.07 Å². The summed E-state index contributed by atoms with van der Waals surface area (Å²) in [6, 6.07) is 5.62. The molecule has 0 aliphatic carbocycles. The van der Waals surface area contributed by atoms with Gasteiger partial charge in [-0.3, -0.25) is 0 Å². The molecular weight excluding hydrogens is 342 g/mol. The third-order valence-corrected chi connectivity index (χ3v) is 3.76. The summed E-state index contributed by atoms with van der Waals surface area (Å²) < 4.78 is 6.30. The van der Waals surface area contributed by atoms with Gasteiger partial charge in [0, 0.05) is 6.54 Å². The van der Waals surface area contributed by atoms with Gasteiger partial charge in [-0.05, 0) is 40.5 Å². The first kappa shape index (κ1) is 18.3. The Bertz CT molecular complexity index is 431. The Morgan fingerprint density at radius 2 is 1.86 bits per heavy atom. The molecule has 1 unspecified atom stereocenters. The van der Waals surface area contributed by atoms with Gasteiger partial charge in [0.1, 0.15) is 18.5 Å². The summed E-state index contributed by atoms with van der Waals surface area (Å²) in [5.74, 6) is 0.623. The lowest BCUT2D eigenvalue weighted by Gasteiger charge is -2.29. The highest BCUT2D eigenvalue weighted by atomic mass is 79.9. The average molecular weight is 364 g/mol. The molecule has 120 valence electrons. The van der Waals surface area contributed by atoms with Crippen molar-refractivity contribution in [2.24, 2.45) is 0 Å². The van der Waals surface area contributed by atoms with E-state index >= 15 is 0 Å². The van der Waals surface area contributed by atoms with Gasteiger partial charge in [-0.1, -0.05) is 6.07 Å². The van der Waals surface area contributed by atoms with Crippen LogP contribution in [0.2, 0.25) is 0 Å². The summed E-state index contributed by atoms with van der Waals surface area (Å²) in [5, 5.41) is 40.1. The van der Waals surface area contributed by atoms with Crippen LogP contribution in [0.5, 0.6) is 5.75 Å². The van der Waals surface area contributed by atoms with Gasteiger partial charge in [-0.15, -0.1) is 0 Å². The van der Waals surface area contributed by atoms with Crippen LogP contribution in [-0.2, 0) is 0 Å². The Labute approximate surface area is 132 Å². The van der Waals surface area contributed by atoms with E-state index in [9.17, 15) is 5.11 Å². The summed E-state index contributed by atoms with van der Waals surface area (Å²) in [4.78, 5) is 0. The monoisotopic (exact) mass is 363 g/mol. The topological polar surface area (TPSA) is 102 Å². The summed E-state index contributed by atoms with van der Waals surface area (Å²) in [6.45, 7) is 0.787. The maximum Gasteiger partial charge on any atom is 0.133 e. The Kier molecular flexibility index (Phi) is 7.58. The van der Waals surface area contributed by atoms with Crippen LogP contribution in [0.3, 0.4) is 0 Å². The summed E-state index contributed by atoms with van der Waals surface area (Å²) >= 11 is 3.38. The summed E-state index contributed by atoms with van der Waals surface area (Å²) in [7, 11) is 0. The second-order valence-corrected chi connectivity index (χ2v) is 5.89. The predicted molar refractivity (Wildman–Crippen MR) is 82.4 cm³/mol. The van der Waals surface area contributed by atoms with Crippen LogP contribution >= 0.6 is 15.9 Å². The molecule has 1 atom stereocenters. The first-order chi connectivity index (χ1) is 9.96. The minimum Gasteiger partial charge on any atom is -0.490 e. The van der Waals surface area contributed by atoms with Gasteiger partial charge in [0.15, 0.2) is 0 Å². The largest absolute Gasteiger partial charge is 0.490 e. The van der Waals surface area contributed by atoms with Gasteiger partial charge in [0.25, 0.3) is 0 Å². The van der Waals surface area contributed by atoms with Crippen molar-refractivity contribution in [3.8, 4) is 5.75 Å². The zero-order valence-corrected chi connectivity index (χ0v) is 13.5. The van der Waals surface area contributed by atoms with Crippen LogP contribution in [0.25, 0.3) is 0 Å². The van der Waals surface area contributed by atoms with Gasteiger partial charge in [0.05, 0.1) is 29.8 Å². The molecule has 0 saturated carbocycles. The number of hydrogen-bond acceptors (Lipinski definition) is 6. The lowest BCUT2D eigenvalue weighted by molar-refractivity contribution is 0.0260. The number of nitrogens with one attached hydrogen (secondary N) is 1. The lowest BCUT2D eigenvalue weighted by Crippen LogP contribution is -2.57. The highest BCUT2D eigenvalue weighted by molar-refractivity contribution is 9.10. The van der Waals surface area contributed by atoms with Gasteiger partial charge < -0.3 is 30.5 Å². The normalized spacial score (nSPS) is 13.2. The number of hydrogen-bond donors (Lipinski definition) is 5. The summed E-state index contributed by atoms with van der Waals surface area (Å²) in [5.41, 5.74) is -0.110. The van der Waals surface area contributed by atoms with Gasteiger partial charge in [0.2, 0.25) is 0 Å². The predicted octanol–water partition coefficient (Wildman–Crippen LogP) is -0.197. The molecule has 0 amide bonds. The fourth-order valence-electron chi connectivity index (χ4n) is 1.62. The van der Waals surface area contributed by atoms with Crippen molar-refractivity contribution in [2.45, 2.75) is 18.6 Å². The molecule has 1 rings (SSSR count). The molecule has 0 bridgehead atoms. The first-order valence-electron chi connectivity index (χ1n) is 6.61. The molecule has 5 N–H and O–H groups in total. The number of aliphatic hydroxyl groups is 4.